The molecule has 232 valence electrons. The number of nitrogens with one attached hydrogen (secondary N) is 1. The zero-order valence-electron chi connectivity index (χ0n) is 26.4. The molecule has 0 saturated heterocycles. The van der Waals surface area contributed by atoms with Gasteiger partial charge in [0.05, 0.1) is 19.1 Å². The van der Waals surface area contributed by atoms with Crippen molar-refractivity contribution >= 4 is 27.5 Å². The molecule has 0 aromatic heterocycles. The summed E-state index contributed by atoms with van der Waals surface area (Å²) in [5.74, 6) is 0.169. The van der Waals surface area contributed by atoms with Gasteiger partial charge in [0.15, 0.2) is 0 Å². The first-order chi connectivity index (χ1) is 20.2. The van der Waals surface area contributed by atoms with Crippen LogP contribution in [0.15, 0.2) is 72.8 Å². The molecular weight excluding hydrogens is 562 g/mol. The van der Waals surface area contributed by atoms with Gasteiger partial charge in [-0.2, -0.15) is 0 Å². The lowest BCUT2D eigenvalue weighted by atomic mass is 10.00. The number of methoxy groups -OCH3 is 1. The van der Waals surface area contributed by atoms with Crippen molar-refractivity contribution in [2.75, 3.05) is 24.2 Å². The average Bonchev–Trinajstić information content (AvgIpc) is 2.93. The molecule has 0 radical (unpaired) electrons. The van der Waals surface area contributed by atoms with Crippen LogP contribution >= 0.6 is 0 Å². The Morgan fingerprint density at radius 2 is 1.58 bits per heavy atom. The molecule has 0 saturated carbocycles. The van der Waals surface area contributed by atoms with Crippen LogP contribution in [0.25, 0.3) is 0 Å². The smallest absolute Gasteiger partial charge is 0.243 e. The quantitative estimate of drug-likeness (QED) is 0.280. The second-order valence-corrected chi connectivity index (χ2v) is 13.9. The van der Waals surface area contributed by atoms with E-state index in [2.05, 4.69) is 5.32 Å². The summed E-state index contributed by atoms with van der Waals surface area (Å²) in [5, 5.41) is 3.06. The number of benzene rings is 3. The third-order valence-corrected chi connectivity index (χ3v) is 8.38. The molecule has 1 unspecified atom stereocenters. The van der Waals surface area contributed by atoms with Gasteiger partial charge in [0, 0.05) is 31.5 Å². The van der Waals surface area contributed by atoms with Crippen molar-refractivity contribution in [3.05, 3.63) is 95.1 Å². The summed E-state index contributed by atoms with van der Waals surface area (Å²) >= 11 is 0. The number of rotatable bonds is 13. The van der Waals surface area contributed by atoms with E-state index in [9.17, 15) is 18.0 Å². The number of nitrogens with zero attached hydrogens (tertiary/aromatic N) is 2. The van der Waals surface area contributed by atoms with Gasteiger partial charge < -0.3 is 15.0 Å². The molecule has 0 aliphatic rings. The molecule has 9 heteroatoms. The number of hydrogen-bond acceptors (Lipinski definition) is 5. The molecule has 43 heavy (non-hydrogen) atoms. The van der Waals surface area contributed by atoms with Crippen molar-refractivity contribution in [1.82, 2.24) is 10.2 Å². The molecule has 3 rings (SSSR count). The summed E-state index contributed by atoms with van der Waals surface area (Å²) in [6.07, 6.45) is 1.85. The second-order valence-electron chi connectivity index (χ2n) is 12.0. The fourth-order valence-electron chi connectivity index (χ4n) is 4.86. The Kier molecular flexibility index (Phi) is 11.4. The predicted octanol–water partition coefficient (Wildman–Crippen LogP) is 5.41. The van der Waals surface area contributed by atoms with Crippen LogP contribution in [0.2, 0.25) is 0 Å². The van der Waals surface area contributed by atoms with Gasteiger partial charge >= 0.3 is 0 Å². The number of aryl methyl sites for hydroxylation is 2. The van der Waals surface area contributed by atoms with Gasteiger partial charge in [-0.15, -0.1) is 0 Å². The molecule has 0 fully saturated rings. The first kappa shape index (κ1) is 33.6. The Bertz CT molecular complexity index is 1500. The first-order valence-electron chi connectivity index (χ1n) is 14.5. The maximum absolute atomic E-state index is 14.0. The van der Waals surface area contributed by atoms with Gasteiger partial charge in [-0.05, 0) is 87.6 Å². The summed E-state index contributed by atoms with van der Waals surface area (Å²) in [6.45, 7) is 9.97. The van der Waals surface area contributed by atoms with Crippen molar-refractivity contribution in [3.63, 3.8) is 0 Å². The lowest BCUT2D eigenvalue weighted by molar-refractivity contribution is -0.142. The Morgan fingerprint density at radius 3 is 2.19 bits per heavy atom. The van der Waals surface area contributed by atoms with Crippen LogP contribution in [-0.4, -0.2) is 56.6 Å². The Hall–Kier alpha value is -3.85. The van der Waals surface area contributed by atoms with E-state index < -0.39 is 21.6 Å². The molecule has 0 bridgehead atoms. The zero-order valence-corrected chi connectivity index (χ0v) is 27.2. The zero-order chi connectivity index (χ0) is 31.8. The average molecular weight is 608 g/mol. The molecule has 2 amide bonds. The monoisotopic (exact) mass is 607 g/mol. The van der Waals surface area contributed by atoms with E-state index in [1.54, 1.807) is 18.1 Å². The van der Waals surface area contributed by atoms with Crippen LogP contribution in [0.5, 0.6) is 5.75 Å². The molecule has 0 aliphatic carbocycles. The van der Waals surface area contributed by atoms with Crippen LogP contribution in [-0.2, 0) is 32.6 Å². The highest BCUT2D eigenvalue weighted by Crippen LogP contribution is 2.23. The fourth-order valence-corrected chi connectivity index (χ4v) is 5.82. The number of amides is 2. The van der Waals surface area contributed by atoms with Gasteiger partial charge in [-0.25, -0.2) is 8.42 Å². The standard InChI is InChI=1S/C34H45N3O5S/c1-25-18-19-29(21-26(25)2)37(43(7,40)41)20-12-17-32(38)36(24-28-15-11-16-30(22-28)42-6)31(33(39)35-34(3,4)5)23-27-13-9-8-10-14-27/h8-11,13-16,18-19,21-22,31H,12,17,20,23-24H2,1-7H3,(H,35,39). The maximum Gasteiger partial charge on any atom is 0.243 e. The highest BCUT2D eigenvalue weighted by molar-refractivity contribution is 7.92. The van der Waals surface area contributed by atoms with E-state index >= 15 is 0 Å². The van der Waals surface area contributed by atoms with E-state index in [0.29, 0.717) is 17.9 Å². The molecule has 3 aromatic carbocycles. The Balaban J connectivity index is 1.93. The second kappa shape index (κ2) is 14.6. The fraction of sp³-hybridized carbons (Fsp3) is 0.412. The highest BCUT2D eigenvalue weighted by Gasteiger charge is 2.32. The van der Waals surface area contributed by atoms with Crippen molar-refractivity contribution < 1.29 is 22.7 Å². The van der Waals surface area contributed by atoms with Gasteiger partial charge in [0.25, 0.3) is 0 Å². The minimum absolute atomic E-state index is 0.0644. The SMILES string of the molecule is COc1cccc(CN(C(=O)CCCN(c2ccc(C)c(C)c2)S(C)(=O)=O)C(Cc2ccccc2)C(=O)NC(C)(C)C)c1. The van der Waals surface area contributed by atoms with Crippen LogP contribution in [0.1, 0.15) is 55.9 Å². The van der Waals surface area contributed by atoms with Crippen LogP contribution in [0.3, 0.4) is 0 Å². The summed E-state index contributed by atoms with van der Waals surface area (Å²) in [4.78, 5) is 29.4. The molecule has 0 heterocycles. The van der Waals surface area contributed by atoms with Crippen LogP contribution < -0.4 is 14.4 Å². The molecule has 3 aromatic rings. The summed E-state index contributed by atoms with van der Waals surface area (Å²) in [6, 6.07) is 21.8. The molecule has 0 spiro atoms. The van der Waals surface area contributed by atoms with E-state index in [4.69, 9.17) is 4.74 Å². The largest absolute Gasteiger partial charge is 0.497 e. The van der Waals surface area contributed by atoms with Gasteiger partial charge in [-0.3, -0.25) is 13.9 Å². The van der Waals surface area contributed by atoms with Crippen LogP contribution in [0, 0.1) is 13.8 Å². The summed E-state index contributed by atoms with van der Waals surface area (Å²) in [7, 11) is -2.00. The predicted molar refractivity (Wildman–Crippen MR) is 173 cm³/mol. The molecule has 8 nitrogen and oxygen atoms in total. The minimum Gasteiger partial charge on any atom is -0.497 e. The number of carbonyl (C=O) groups excluding carboxylic acids is 2. The van der Waals surface area contributed by atoms with E-state index in [0.717, 1.165) is 22.3 Å². The number of hydrogen-bond donors (Lipinski definition) is 1. The lowest BCUT2D eigenvalue weighted by Crippen LogP contribution is -2.54. The van der Waals surface area contributed by atoms with Crippen molar-refractivity contribution in [2.24, 2.45) is 0 Å². The lowest BCUT2D eigenvalue weighted by Gasteiger charge is -2.34. The molecule has 1 atom stereocenters. The first-order valence-corrected chi connectivity index (χ1v) is 16.4. The number of sulfonamides is 1. The van der Waals surface area contributed by atoms with Crippen molar-refractivity contribution in [3.8, 4) is 5.75 Å². The van der Waals surface area contributed by atoms with Gasteiger partial charge in [0.2, 0.25) is 21.8 Å². The molecular formula is C34H45N3O5S. The Labute approximate surface area is 257 Å². The molecule has 1 N–H and O–H groups in total. The number of carbonyl (C=O) groups is 2. The maximum atomic E-state index is 14.0. The summed E-state index contributed by atoms with van der Waals surface area (Å²) in [5.41, 5.74) is 3.87. The molecule has 0 aliphatic heterocycles. The van der Waals surface area contributed by atoms with Crippen molar-refractivity contribution in [1.29, 1.82) is 0 Å². The van der Waals surface area contributed by atoms with E-state index in [1.807, 2.05) is 101 Å². The van der Waals surface area contributed by atoms with Crippen LogP contribution in [0.4, 0.5) is 5.69 Å². The highest BCUT2D eigenvalue weighted by atomic mass is 32.2. The topological polar surface area (TPSA) is 96.0 Å². The minimum atomic E-state index is -3.58. The van der Waals surface area contributed by atoms with Gasteiger partial charge in [-0.1, -0.05) is 48.5 Å². The normalized spacial score (nSPS) is 12.3. The van der Waals surface area contributed by atoms with Crippen molar-refractivity contribution in [2.45, 2.75) is 72.0 Å². The van der Waals surface area contributed by atoms with Gasteiger partial charge in [0.1, 0.15) is 11.8 Å². The summed E-state index contributed by atoms with van der Waals surface area (Å²) < 4.78 is 32.2. The van der Waals surface area contributed by atoms with E-state index in [-0.39, 0.29) is 37.7 Å². The third-order valence-electron chi connectivity index (χ3n) is 7.19. The number of anilines is 1. The number of ether oxygens (including phenoxy) is 1. The third kappa shape index (κ3) is 10.1. The Morgan fingerprint density at radius 1 is 0.907 bits per heavy atom. The van der Waals surface area contributed by atoms with E-state index in [1.165, 1.54) is 10.6 Å².